The van der Waals surface area contributed by atoms with Crippen molar-refractivity contribution in [1.82, 2.24) is 4.37 Å². The van der Waals surface area contributed by atoms with Crippen LogP contribution in [0.5, 0.6) is 0 Å². The summed E-state index contributed by atoms with van der Waals surface area (Å²) < 4.78 is 4.25. The van der Waals surface area contributed by atoms with Crippen molar-refractivity contribution in [2.75, 3.05) is 5.32 Å². The van der Waals surface area contributed by atoms with Crippen LogP contribution in [0.2, 0.25) is 0 Å². The molecular weight excluding hydrogens is 254 g/mol. The van der Waals surface area contributed by atoms with Crippen molar-refractivity contribution >= 4 is 22.2 Å². The Morgan fingerprint density at radius 3 is 3.00 bits per heavy atom. The van der Waals surface area contributed by atoms with E-state index in [4.69, 9.17) is 0 Å². The lowest BCUT2D eigenvalue weighted by atomic mass is 9.90. The van der Waals surface area contributed by atoms with Gasteiger partial charge < -0.3 is 5.32 Å². The molecule has 0 bridgehead atoms. The summed E-state index contributed by atoms with van der Waals surface area (Å²) in [4.78, 5) is 0. The number of anilines is 2. The predicted octanol–water partition coefficient (Wildman–Crippen LogP) is 3.95. The van der Waals surface area contributed by atoms with Crippen molar-refractivity contribution in [3.8, 4) is 6.07 Å². The summed E-state index contributed by atoms with van der Waals surface area (Å²) in [6.45, 7) is 1.88. The molecule has 1 heterocycles. The molecule has 2 aromatic rings. The average molecular weight is 269 g/mol. The summed E-state index contributed by atoms with van der Waals surface area (Å²) in [6.07, 6.45) is 4.81. The van der Waals surface area contributed by atoms with Gasteiger partial charge >= 0.3 is 0 Å². The fourth-order valence-electron chi connectivity index (χ4n) is 2.61. The van der Waals surface area contributed by atoms with Crippen LogP contribution >= 0.6 is 11.5 Å². The normalized spacial score (nSPS) is 13.7. The van der Waals surface area contributed by atoms with Crippen molar-refractivity contribution in [2.24, 2.45) is 0 Å². The van der Waals surface area contributed by atoms with E-state index in [0.717, 1.165) is 29.2 Å². The zero-order valence-electron chi connectivity index (χ0n) is 10.9. The fraction of sp³-hybridized carbons (Fsp3) is 0.333. The fourth-order valence-corrected chi connectivity index (χ4v) is 3.37. The monoisotopic (exact) mass is 269 g/mol. The SMILES string of the molecule is Cc1nsc(Nc2cccc3c2CCCC3)c1C#N. The number of nitrogens with zero attached hydrogens (tertiary/aromatic N) is 2. The maximum atomic E-state index is 9.18. The van der Waals surface area contributed by atoms with E-state index < -0.39 is 0 Å². The third-order valence-electron chi connectivity index (χ3n) is 3.62. The first kappa shape index (κ1) is 12.2. The van der Waals surface area contributed by atoms with Crippen molar-refractivity contribution in [3.63, 3.8) is 0 Å². The molecule has 0 spiro atoms. The summed E-state index contributed by atoms with van der Waals surface area (Å²) in [6, 6.07) is 8.63. The van der Waals surface area contributed by atoms with Gasteiger partial charge in [-0.3, -0.25) is 0 Å². The van der Waals surface area contributed by atoms with Crippen molar-refractivity contribution in [2.45, 2.75) is 32.6 Å². The molecule has 1 aromatic carbocycles. The molecule has 0 atom stereocenters. The second kappa shape index (κ2) is 5.02. The van der Waals surface area contributed by atoms with E-state index >= 15 is 0 Å². The Bertz CT molecular complexity index is 652. The van der Waals surface area contributed by atoms with Crippen LogP contribution in [0, 0.1) is 18.3 Å². The maximum Gasteiger partial charge on any atom is 0.132 e. The number of nitrogens with one attached hydrogen (secondary N) is 1. The smallest absolute Gasteiger partial charge is 0.132 e. The Morgan fingerprint density at radius 2 is 2.16 bits per heavy atom. The number of aromatic nitrogens is 1. The Kier molecular flexibility index (Phi) is 3.22. The van der Waals surface area contributed by atoms with Crippen LogP contribution in [-0.4, -0.2) is 4.37 Å². The maximum absolute atomic E-state index is 9.18. The largest absolute Gasteiger partial charge is 0.345 e. The van der Waals surface area contributed by atoms with Crippen LogP contribution in [-0.2, 0) is 12.8 Å². The third-order valence-corrected chi connectivity index (χ3v) is 4.47. The van der Waals surface area contributed by atoms with Crippen molar-refractivity contribution in [3.05, 3.63) is 40.6 Å². The van der Waals surface area contributed by atoms with E-state index in [-0.39, 0.29) is 0 Å². The quantitative estimate of drug-likeness (QED) is 0.898. The highest BCUT2D eigenvalue weighted by Gasteiger charge is 2.15. The second-order valence-electron chi connectivity index (χ2n) is 4.86. The second-order valence-corrected chi connectivity index (χ2v) is 5.63. The first-order chi connectivity index (χ1) is 9.29. The number of fused-ring (bicyclic) bond motifs is 1. The first-order valence-corrected chi connectivity index (χ1v) is 7.31. The Morgan fingerprint density at radius 1 is 1.32 bits per heavy atom. The van der Waals surface area contributed by atoms with Gasteiger partial charge in [0.1, 0.15) is 16.6 Å². The van der Waals surface area contributed by atoms with Crippen LogP contribution in [0.15, 0.2) is 18.2 Å². The third kappa shape index (κ3) is 2.22. The Labute approximate surface area is 117 Å². The number of nitriles is 1. The summed E-state index contributed by atoms with van der Waals surface area (Å²) >= 11 is 1.36. The average Bonchev–Trinajstić information content (AvgIpc) is 2.79. The van der Waals surface area contributed by atoms with Crippen LogP contribution < -0.4 is 5.32 Å². The van der Waals surface area contributed by atoms with E-state index in [1.54, 1.807) is 0 Å². The molecule has 0 aliphatic heterocycles. The number of benzene rings is 1. The minimum atomic E-state index is 0.665. The zero-order chi connectivity index (χ0) is 13.2. The summed E-state index contributed by atoms with van der Waals surface area (Å²) in [7, 11) is 0. The molecule has 3 rings (SSSR count). The zero-order valence-corrected chi connectivity index (χ0v) is 11.7. The minimum Gasteiger partial charge on any atom is -0.345 e. The lowest BCUT2D eigenvalue weighted by Crippen LogP contribution is -2.06. The van der Waals surface area contributed by atoms with Gasteiger partial charge in [0, 0.05) is 5.69 Å². The van der Waals surface area contributed by atoms with Gasteiger partial charge in [-0.1, -0.05) is 12.1 Å². The molecule has 1 aliphatic rings. The number of rotatable bonds is 2. The van der Waals surface area contributed by atoms with E-state index in [9.17, 15) is 5.26 Å². The molecule has 0 unspecified atom stereocenters. The summed E-state index contributed by atoms with van der Waals surface area (Å²) in [5, 5.41) is 13.4. The molecule has 0 radical (unpaired) electrons. The molecule has 3 nitrogen and oxygen atoms in total. The first-order valence-electron chi connectivity index (χ1n) is 6.54. The molecule has 1 aliphatic carbocycles. The van der Waals surface area contributed by atoms with Gasteiger partial charge in [0.15, 0.2) is 0 Å². The summed E-state index contributed by atoms with van der Waals surface area (Å²) in [5.41, 5.74) is 5.45. The van der Waals surface area contributed by atoms with Crippen LogP contribution in [0.3, 0.4) is 0 Å². The van der Waals surface area contributed by atoms with Gasteiger partial charge in [0.25, 0.3) is 0 Å². The van der Waals surface area contributed by atoms with Crippen molar-refractivity contribution in [1.29, 1.82) is 5.26 Å². The van der Waals surface area contributed by atoms with E-state index in [1.165, 1.54) is 35.5 Å². The van der Waals surface area contributed by atoms with Crippen LogP contribution in [0.1, 0.15) is 35.2 Å². The molecule has 96 valence electrons. The van der Waals surface area contributed by atoms with Gasteiger partial charge in [0.05, 0.1) is 5.69 Å². The van der Waals surface area contributed by atoms with E-state index in [1.807, 2.05) is 6.92 Å². The standard InChI is InChI=1S/C15H15N3S/c1-10-13(9-16)15(19-18-10)17-14-8-4-6-11-5-2-3-7-12(11)14/h4,6,8,17H,2-3,5,7H2,1H3. The van der Waals surface area contributed by atoms with Gasteiger partial charge in [0.2, 0.25) is 0 Å². The van der Waals surface area contributed by atoms with Gasteiger partial charge in [-0.2, -0.15) is 9.64 Å². The molecule has 0 amide bonds. The highest BCUT2D eigenvalue weighted by Crippen LogP contribution is 2.33. The van der Waals surface area contributed by atoms with E-state index in [0.29, 0.717) is 5.56 Å². The van der Waals surface area contributed by atoms with Gasteiger partial charge in [-0.05, 0) is 61.3 Å². The highest BCUT2D eigenvalue weighted by atomic mass is 32.1. The molecule has 1 N–H and O–H groups in total. The summed E-state index contributed by atoms with van der Waals surface area (Å²) in [5.74, 6) is 0. The molecule has 0 fully saturated rings. The predicted molar refractivity (Wildman–Crippen MR) is 77.9 cm³/mol. The van der Waals surface area contributed by atoms with Crippen molar-refractivity contribution < 1.29 is 0 Å². The van der Waals surface area contributed by atoms with Gasteiger partial charge in [-0.15, -0.1) is 0 Å². The molecular formula is C15H15N3S. The number of hydrogen-bond donors (Lipinski definition) is 1. The van der Waals surface area contributed by atoms with Crippen LogP contribution in [0.4, 0.5) is 10.7 Å². The highest BCUT2D eigenvalue weighted by molar-refractivity contribution is 7.10. The molecule has 0 saturated heterocycles. The lowest BCUT2D eigenvalue weighted by molar-refractivity contribution is 0.687. The number of aryl methyl sites for hydroxylation is 2. The molecule has 1 aromatic heterocycles. The Hall–Kier alpha value is -1.86. The molecule has 4 heteroatoms. The number of hydrogen-bond acceptors (Lipinski definition) is 4. The van der Waals surface area contributed by atoms with Crippen LogP contribution in [0.25, 0.3) is 0 Å². The van der Waals surface area contributed by atoms with E-state index in [2.05, 4.69) is 34.0 Å². The molecule has 19 heavy (non-hydrogen) atoms. The molecule has 0 saturated carbocycles. The Balaban J connectivity index is 1.98. The van der Waals surface area contributed by atoms with Gasteiger partial charge in [-0.25, -0.2) is 0 Å². The topological polar surface area (TPSA) is 48.7 Å². The lowest BCUT2D eigenvalue weighted by Gasteiger charge is -2.19. The minimum absolute atomic E-state index is 0.665.